The molecule has 1 saturated carbocycles. The first-order valence-corrected chi connectivity index (χ1v) is 6.09. The number of aliphatic hydroxyl groups excluding tert-OH is 1. The van der Waals surface area contributed by atoms with Crippen molar-refractivity contribution >= 4 is 0 Å². The molecule has 1 aliphatic rings. The number of benzene rings is 1. The Kier molecular flexibility index (Phi) is 3.23. The number of nitrogens with two attached hydrogens (primary N) is 1. The molecule has 0 radical (unpaired) electrons. The van der Waals surface area contributed by atoms with Crippen LogP contribution in [0.2, 0.25) is 0 Å². The summed E-state index contributed by atoms with van der Waals surface area (Å²) >= 11 is 0. The molecule has 3 heteroatoms. The van der Waals surface area contributed by atoms with E-state index in [0.29, 0.717) is 12.5 Å². The lowest BCUT2D eigenvalue weighted by molar-refractivity contribution is 0.109. The van der Waals surface area contributed by atoms with E-state index in [1.165, 1.54) is 12.1 Å². The largest absolute Gasteiger partial charge is 0.392 e. The average molecular weight is 237 g/mol. The zero-order valence-electron chi connectivity index (χ0n) is 10.4. The van der Waals surface area contributed by atoms with Crippen molar-refractivity contribution in [3.63, 3.8) is 0 Å². The fraction of sp³-hybridized carbons (Fsp3) is 0.571. The molecule has 1 fully saturated rings. The van der Waals surface area contributed by atoms with Crippen LogP contribution in [0, 0.1) is 17.2 Å². The van der Waals surface area contributed by atoms with Gasteiger partial charge < -0.3 is 10.8 Å². The van der Waals surface area contributed by atoms with Gasteiger partial charge in [0.1, 0.15) is 5.82 Å². The first-order chi connectivity index (χ1) is 7.95. The van der Waals surface area contributed by atoms with E-state index >= 15 is 0 Å². The van der Waals surface area contributed by atoms with Crippen molar-refractivity contribution in [2.24, 2.45) is 17.1 Å². The fourth-order valence-electron chi connectivity index (χ4n) is 2.55. The lowest BCUT2D eigenvalue weighted by atomic mass is 9.88. The minimum atomic E-state index is -0.430. The second-order valence-electron chi connectivity index (χ2n) is 5.68. The Morgan fingerprint density at radius 3 is 2.35 bits per heavy atom. The second-order valence-corrected chi connectivity index (χ2v) is 5.68. The second kappa shape index (κ2) is 4.39. The Hall–Kier alpha value is -0.930. The highest BCUT2D eigenvalue weighted by atomic mass is 19.1. The van der Waals surface area contributed by atoms with Crippen molar-refractivity contribution in [1.82, 2.24) is 0 Å². The summed E-state index contributed by atoms with van der Waals surface area (Å²) < 4.78 is 12.9. The first-order valence-electron chi connectivity index (χ1n) is 6.09. The van der Waals surface area contributed by atoms with Gasteiger partial charge in [-0.15, -0.1) is 0 Å². The van der Waals surface area contributed by atoms with Crippen LogP contribution < -0.4 is 5.73 Å². The molecular formula is C14H20FNO. The van der Waals surface area contributed by atoms with E-state index < -0.39 is 6.10 Å². The third kappa shape index (κ3) is 2.50. The summed E-state index contributed by atoms with van der Waals surface area (Å²) in [5.41, 5.74) is 6.88. The minimum absolute atomic E-state index is 0.0950. The Labute approximate surface area is 102 Å². The van der Waals surface area contributed by atoms with Gasteiger partial charge in [0.15, 0.2) is 0 Å². The van der Waals surface area contributed by atoms with Crippen LogP contribution in [0.15, 0.2) is 24.3 Å². The summed E-state index contributed by atoms with van der Waals surface area (Å²) in [5, 5.41) is 10.3. The highest BCUT2D eigenvalue weighted by molar-refractivity contribution is 5.23. The Balaban J connectivity index is 2.14. The van der Waals surface area contributed by atoms with Gasteiger partial charge in [-0.05, 0) is 35.4 Å². The van der Waals surface area contributed by atoms with Gasteiger partial charge in [-0.2, -0.15) is 0 Å². The quantitative estimate of drug-likeness (QED) is 0.844. The van der Waals surface area contributed by atoms with Gasteiger partial charge in [0.25, 0.3) is 0 Å². The first kappa shape index (κ1) is 12.5. The van der Waals surface area contributed by atoms with Gasteiger partial charge in [-0.1, -0.05) is 26.0 Å². The van der Waals surface area contributed by atoms with E-state index in [9.17, 15) is 9.50 Å². The van der Waals surface area contributed by atoms with E-state index in [2.05, 4.69) is 13.8 Å². The molecule has 0 saturated heterocycles. The molecule has 0 spiro atoms. The van der Waals surface area contributed by atoms with Gasteiger partial charge in [0, 0.05) is 12.5 Å². The summed E-state index contributed by atoms with van der Waals surface area (Å²) in [6, 6.07) is 6.27. The fourth-order valence-corrected chi connectivity index (χ4v) is 2.55. The normalized spacial score (nSPS) is 25.4. The highest BCUT2D eigenvalue weighted by Gasteiger charge is 2.51. The number of hydrogen-bond donors (Lipinski definition) is 2. The molecule has 17 heavy (non-hydrogen) atoms. The lowest BCUT2D eigenvalue weighted by Gasteiger charge is -2.23. The van der Waals surface area contributed by atoms with Crippen molar-refractivity contribution in [3.8, 4) is 0 Å². The van der Waals surface area contributed by atoms with Gasteiger partial charge in [0.2, 0.25) is 0 Å². The molecule has 0 heterocycles. The summed E-state index contributed by atoms with van der Waals surface area (Å²) in [4.78, 5) is 0. The third-order valence-corrected chi connectivity index (χ3v) is 3.97. The average Bonchev–Trinajstić information content (AvgIpc) is 2.91. The molecule has 3 N–H and O–H groups in total. The monoisotopic (exact) mass is 237 g/mol. The molecule has 1 aromatic rings. The van der Waals surface area contributed by atoms with Crippen molar-refractivity contribution in [1.29, 1.82) is 0 Å². The van der Waals surface area contributed by atoms with E-state index in [-0.39, 0.29) is 17.2 Å². The Morgan fingerprint density at radius 2 is 1.94 bits per heavy atom. The van der Waals surface area contributed by atoms with Crippen LogP contribution >= 0.6 is 0 Å². The molecule has 0 aromatic heterocycles. The third-order valence-electron chi connectivity index (χ3n) is 3.97. The zero-order valence-corrected chi connectivity index (χ0v) is 10.4. The molecular weight excluding hydrogens is 217 g/mol. The van der Waals surface area contributed by atoms with Crippen LogP contribution in [0.1, 0.15) is 31.7 Å². The molecule has 0 aliphatic heterocycles. The SMILES string of the molecule is CC1(C)CC1C(O)C(CN)c1ccc(F)cc1. The molecule has 94 valence electrons. The van der Waals surface area contributed by atoms with Gasteiger partial charge >= 0.3 is 0 Å². The summed E-state index contributed by atoms with van der Waals surface area (Å²) in [6.45, 7) is 4.69. The lowest BCUT2D eigenvalue weighted by Crippen LogP contribution is -2.29. The topological polar surface area (TPSA) is 46.2 Å². The van der Waals surface area contributed by atoms with Crippen molar-refractivity contribution < 1.29 is 9.50 Å². The number of aliphatic hydroxyl groups is 1. The molecule has 1 aromatic carbocycles. The van der Waals surface area contributed by atoms with E-state index in [4.69, 9.17) is 5.73 Å². The summed E-state index contributed by atoms with van der Waals surface area (Å²) in [7, 11) is 0. The van der Waals surface area contributed by atoms with Gasteiger partial charge in [0.05, 0.1) is 6.10 Å². The minimum Gasteiger partial charge on any atom is -0.392 e. The predicted molar refractivity (Wildman–Crippen MR) is 66.1 cm³/mol. The molecule has 2 nitrogen and oxygen atoms in total. The number of rotatable bonds is 4. The van der Waals surface area contributed by atoms with Crippen LogP contribution in [0.25, 0.3) is 0 Å². The Morgan fingerprint density at radius 1 is 1.41 bits per heavy atom. The predicted octanol–water partition coefficient (Wildman–Crippen LogP) is 2.28. The van der Waals surface area contributed by atoms with E-state index in [1.54, 1.807) is 12.1 Å². The highest BCUT2D eigenvalue weighted by Crippen LogP contribution is 2.55. The summed E-state index contributed by atoms with van der Waals surface area (Å²) in [6.07, 6.45) is 0.603. The molecule has 3 unspecified atom stereocenters. The van der Waals surface area contributed by atoms with Crippen LogP contribution in [0.3, 0.4) is 0 Å². The molecule has 1 aliphatic carbocycles. The van der Waals surface area contributed by atoms with Crippen molar-refractivity contribution in [2.45, 2.75) is 32.3 Å². The van der Waals surface area contributed by atoms with Gasteiger partial charge in [-0.25, -0.2) is 4.39 Å². The van der Waals surface area contributed by atoms with E-state index in [0.717, 1.165) is 12.0 Å². The zero-order chi connectivity index (χ0) is 12.6. The maximum absolute atomic E-state index is 12.9. The van der Waals surface area contributed by atoms with Crippen LogP contribution in [-0.4, -0.2) is 17.8 Å². The number of halogens is 1. The van der Waals surface area contributed by atoms with Crippen LogP contribution in [0.4, 0.5) is 4.39 Å². The van der Waals surface area contributed by atoms with Crippen LogP contribution in [-0.2, 0) is 0 Å². The van der Waals surface area contributed by atoms with Crippen molar-refractivity contribution in [3.05, 3.63) is 35.6 Å². The molecule has 0 amide bonds. The summed E-state index contributed by atoms with van der Waals surface area (Å²) in [5.74, 6) is -0.0470. The maximum atomic E-state index is 12.9. The van der Waals surface area contributed by atoms with E-state index in [1.807, 2.05) is 0 Å². The number of hydrogen-bond acceptors (Lipinski definition) is 2. The molecule has 0 bridgehead atoms. The Bertz CT molecular complexity index is 388. The maximum Gasteiger partial charge on any atom is 0.123 e. The van der Waals surface area contributed by atoms with Crippen molar-refractivity contribution in [2.75, 3.05) is 6.54 Å². The smallest absolute Gasteiger partial charge is 0.123 e. The van der Waals surface area contributed by atoms with Gasteiger partial charge in [-0.3, -0.25) is 0 Å². The standard InChI is InChI=1S/C14H20FNO/c1-14(2)7-12(14)13(17)11(8-16)9-3-5-10(15)6-4-9/h3-6,11-13,17H,7-8,16H2,1-2H3. The molecule has 3 atom stereocenters. The molecule has 2 rings (SSSR count). The van der Waals surface area contributed by atoms with Crippen LogP contribution in [0.5, 0.6) is 0 Å².